The van der Waals surface area contributed by atoms with Crippen molar-refractivity contribution in [2.45, 2.75) is 11.6 Å². The van der Waals surface area contributed by atoms with Crippen LogP contribution in [0, 0.1) is 0 Å². The number of ether oxygens (including phenoxy) is 1. The molecule has 9 nitrogen and oxygen atoms in total. The zero-order valence-corrected chi connectivity index (χ0v) is 19.9. The zero-order valence-electron chi connectivity index (χ0n) is 19.1. The maximum atomic E-state index is 12.4. The molecule has 4 heterocycles. The molecule has 0 unspecified atom stereocenters. The molecular weight excluding hydrogens is 450 g/mol. The molecule has 176 valence electrons. The Kier molecular flexibility index (Phi) is 6.50. The number of fused-ring (bicyclic) bond motifs is 2. The van der Waals surface area contributed by atoms with Gasteiger partial charge in [0.2, 0.25) is 0 Å². The summed E-state index contributed by atoms with van der Waals surface area (Å²) in [5.41, 5.74) is 0.558. The molecule has 2 N–H and O–H groups in total. The Morgan fingerprint density at radius 3 is 2.76 bits per heavy atom. The van der Waals surface area contributed by atoms with E-state index in [0.717, 1.165) is 66.5 Å². The van der Waals surface area contributed by atoms with Crippen LogP contribution in [-0.4, -0.2) is 70.1 Å². The highest BCUT2D eigenvalue weighted by atomic mass is 32.2. The van der Waals surface area contributed by atoms with E-state index in [-0.39, 0.29) is 5.56 Å². The van der Waals surface area contributed by atoms with Gasteiger partial charge in [-0.3, -0.25) is 9.69 Å². The van der Waals surface area contributed by atoms with E-state index in [1.54, 1.807) is 25.4 Å². The van der Waals surface area contributed by atoms with E-state index in [9.17, 15) is 4.79 Å². The number of hydrogen-bond acceptors (Lipinski definition) is 9. The summed E-state index contributed by atoms with van der Waals surface area (Å²) in [6.45, 7) is 4.81. The van der Waals surface area contributed by atoms with Gasteiger partial charge in [0.05, 0.1) is 12.6 Å². The van der Waals surface area contributed by atoms with Crippen LogP contribution in [-0.2, 0) is 0 Å². The molecule has 5 rings (SSSR count). The second-order valence-electron chi connectivity index (χ2n) is 8.19. The summed E-state index contributed by atoms with van der Waals surface area (Å²) in [5, 5.41) is 2.81. The lowest BCUT2D eigenvalue weighted by atomic mass is 10.1. The summed E-state index contributed by atoms with van der Waals surface area (Å²) >= 11 is 1.51. The van der Waals surface area contributed by atoms with E-state index in [2.05, 4.69) is 36.9 Å². The SMILES string of the molecule is COc1ccc2ccnc(N3CCN(CCCSc4nc5cccnc5c(=O)n4N)CC3)c2c1. The molecule has 0 saturated carbocycles. The number of nitrogens with two attached hydrogens (primary N) is 1. The van der Waals surface area contributed by atoms with E-state index in [1.165, 1.54) is 17.1 Å². The summed E-state index contributed by atoms with van der Waals surface area (Å²) in [6.07, 6.45) is 4.43. The maximum Gasteiger partial charge on any atom is 0.299 e. The van der Waals surface area contributed by atoms with Crippen LogP contribution in [0.1, 0.15) is 6.42 Å². The normalized spacial score (nSPS) is 14.7. The summed E-state index contributed by atoms with van der Waals surface area (Å²) in [4.78, 5) is 30.5. The van der Waals surface area contributed by atoms with E-state index in [0.29, 0.717) is 16.2 Å². The van der Waals surface area contributed by atoms with Gasteiger partial charge in [-0.05, 0) is 48.7 Å². The average molecular weight is 478 g/mol. The van der Waals surface area contributed by atoms with Crippen molar-refractivity contribution in [1.29, 1.82) is 0 Å². The summed E-state index contributed by atoms with van der Waals surface area (Å²) in [6, 6.07) is 11.7. The number of nitrogen functional groups attached to an aromatic ring is 1. The number of benzene rings is 1. The molecular formula is C24H27N7O2S. The van der Waals surface area contributed by atoms with Gasteiger partial charge in [0, 0.05) is 49.7 Å². The smallest absolute Gasteiger partial charge is 0.299 e. The molecule has 1 saturated heterocycles. The molecule has 1 fully saturated rings. The van der Waals surface area contributed by atoms with Crippen LogP contribution < -0.4 is 21.0 Å². The third-order valence-electron chi connectivity index (χ3n) is 6.10. The van der Waals surface area contributed by atoms with Crippen molar-refractivity contribution in [3.8, 4) is 5.75 Å². The Morgan fingerprint density at radius 2 is 1.94 bits per heavy atom. The second kappa shape index (κ2) is 9.86. The molecule has 10 heteroatoms. The van der Waals surface area contributed by atoms with Crippen LogP contribution in [0.15, 0.2) is 58.7 Å². The molecule has 1 aliphatic heterocycles. The van der Waals surface area contributed by atoms with Crippen molar-refractivity contribution in [3.63, 3.8) is 0 Å². The predicted octanol–water partition coefficient (Wildman–Crippen LogP) is 2.37. The Balaban J connectivity index is 1.15. The van der Waals surface area contributed by atoms with E-state index < -0.39 is 0 Å². The average Bonchev–Trinajstić information content (AvgIpc) is 2.89. The number of methoxy groups -OCH3 is 1. The lowest BCUT2D eigenvalue weighted by Crippen LogP contribution is -2.47. The van der Waals surface area contributed by atoms with Gasteiger partial charge >= 0.3 is 0 Å². The summed E-state index contributed by atoms with van der Waals surface area (Å²) in [7, 11) is 1.69. The summed E-state index contributed by atoms with van der Waals surface area (Å²) < 4.78 is 6.51. The minimum absolute atomic E-state index is 0.298. The molecule has 0 amide bonds. The number of nitrogens with zero attached hydrogens (tertiary/aromatic N) is 6. The van der Waals surface area contributed by atoms with Crippen molar-refractivity contribution in [2.24, 2.45) is 0 Å². The number of thioether (sulfide) groups is 1. The Bertz CT molecular complexity index is 1370. The molecule has 3 aromatic heterocycles. The van der Waals surface area contributed by atoms with Crippen LogP contribution in [0.4, 0.5) is 5.82 Å². The van der Waals surface area contributed by atoms with E-state index >= 15 is 0 Å². The van der Waals surface area contributed by atoms with Crippen LogP contribution >= 0.6 is 11.8 Å². The lowest BCUT2D eigenvalue weighted by Gasteiger charge is -2.35. The molecule has 0 aliphatic carbocycles. The fourth-order valence-electron chi connectivity index (χ4n) is 4.26. The fourth-order valence-corrected chi connectivity index (χ4v) is 5.10. The van der Waals surface area contributed by atoms with Gasteiger partial charge in [-0.2, -0.15) is 0 Å². The first-order chi connectivity index (χ1) is 16.6. The van der Waals surface area contributed by atoms with Crippen LogP contribution in [0.5, 0.6) is 5.75 Å². The highest BCUT2D eigenvalue weighted by Gasteiger charge is 2.20. The van der Waals surface area contributed by atoms with Crippen molar-refractivity contribution in [1.82, 2.24) is 24.5 Å². The first-order valence-corrected chi connectivity index (χ1v) is 12.3. The van der Waals surface area contributed by atoms with E-state index in [4.69, 9.17) is 10.6 Å². The van der Waals surface area contributed by atoms with Gasteiger partial charge in [-0.1, -0.05) is 17.8 Å². The summed E-state index contributed by atoms with van der Waals surface area (Å²) in [5.74, 6) is 8.65. The third kappa shape index (κ3) is 4.51. The van der Waals surface area contributed by atoms with Gasteiger partial charge in [0.1, 0.15) is 11.6 Å². The first kappa shape index (κ1) is 22.4. The number of piperazine rings is 1. The van der Waals surface area contributed by atoms with Crippen molar-refractivity contribution in [2.75, 3.05) is 56.3 Å². The molecule has 34 heavy (non-hydrogen) atoms. The van der Waals surface area contributed by atoms with Crippen molar-refractivity contribution >= 4 is 39.4 Å². The Labute approximate surface area is 201 Å². The van der Waals surface area contributed by atoms with Gasteiger partial charge in [0.25, 0.3) is 5.56 Å². The van der Waals surface area contributed by atoms with Crippen LogP contribution in [0.2, 0.25) is 0 Å². The molecule has 0 radical (unpaired) electrons. The molecule has 0 spiro atoms. The number of hydrogen-bond donors (Lipinski definition) is 1. The number of anilines is 1. The standard InChI is InChI=1S/C24H27N7O2S/c1-33-18-6-5-17-7-9-27-22(19(17)16-18)30-13-11-29(12-14-30)10-3-15-34-24-28-20-4-2-8-26-21(20)23(32)31(24)25/h2,4-9,16H,3,10-15,25H2,1H3. The molecule has 1 aromatic carbocycles. The number of aromatic nitrogens is 4. The first-order valence-electron chi connectivity index (χ1n) is 11.3. The Morgan fingerprint density at radius 1 is 1.09 bits per heavy atom. The topological polar surface area (TPSA) is 102 Å². The van der Waals surface area contributed by atoms with Crippen molar-refractivity contribution in [3.05, 3.63) is 59.1 Å². The minimum atomic E-state index is -0.316. The van der Waals surface area contributed by atoms with Gasteiger partial charge in [0.15, 0.2) is 10.7 Å². The lowest BCUT2D eigenvalue weighted by molar-refractivity contribution is 0.259. The van der Waals surface area contributed by atoms with Gasteiger partial charge < -0.3 is 15.5 Å². The highest BCUT2D eigenvalue weighted by Crippen LogP contribution is 2.29. The molecule has 4 aromatic rings. The predicted molar refractivity (Wildman–Crippen MR) is 136 cm³/mol. The quantitative estimate of drug-likeness (QED) is 0.186. The van der Waals surface area contributed by atoms with Gasteiger partial charge in [-0.25, -0.2) is 19.6 Å². The monoisotopic (exact) mass is 477 g/mol. The highest BCUT2D eigenvalue weighted by molar-refractivity contribution is 7.99. The molecule has 0 bridgehead atoms. The molecule has 1 aliphatic rings. The van der Waals surface area contributed by atoms with Gasteiger partial charge in [-0.15, -0.1) is 0 Å². The third-order valence-corrected chi connectivity index (χ3v) is 7.14. The van der Waals surface area contributed by atoms with E-state index in [1.807, 2.05) is 18.3 Å². The Hall–Kier alpha value is -3.37. The van der Waals surface area contributed by atoms with Crippen LogP contribution in [0.25, 0.3) is 21.8 Å². The fraction of sp³-hybridized carbons (Fsp3) is 0.333. The number of rotatable bonds is 7. The number of pyridine rings is 2. The molecule has 0 atom stereocenters. The second-order valence-corrected chi connectivity index (χ2v) is 9.26. The van der Waals surface area contributed by atoms with Crippen LogP contribution in [0.3, 0.4) is 0 Å². The zero-order chi connectivity index (χ0) is 23.5. The largest absolute Gasteiger partial charge is 0.497 e. The maximum absolute atomic E-state index is 12.4. The minimum Gasteiger partial charge on any atom is -0.497 e. The van der Waals surface area contributed by atoms with Crippen molar-refractivity contribution < 1.29 is 4.74 Å².